The van der Waals surface area contributed by atoms with Crippen molar-refractivity contribution in [2.45, 2.75) is 12.5 Å². The molecule has 3 rings (SSSR count). The predicted octanol–water partition coefficient (Wildman–Crippen LogP) is 2.50. The number of hydrogen-bond acceptors (Lipinski definition) is 6. The Balaban J connectivity index is 1.48. The summed E-state index contributed by atoms with van der Waals surface area (Å²) in [5.74, 6) is 0.731. The van der Waals surface area contributed by atoms with Crippen LogP contribution < -0.4 is 10.1 Å². The lowest BCUT2D eigenvalue weighted by molar-refractivity contribution is -0.0328. The number of nitrogens with zero attached hydrogens (tertiary/aromatic N) is 3. The summed E-state index contributed by atoms with van der Waals surface area (Å²) in [6.07, 6.45) is 4.06. The maximum absolute atomic E-state index is 13.5. The number of anilines is 1. The van der Waals surface area contributed by atoms with Crippen LogP contribution in [0, 0.1) is 5.82 Å². The van der Waals surface area contributed by atoms with Crippen LogP contribution in [-0.2, 0) is 4.74 Å². The molecule has 2 aromatic rings. The van der Waals surface area contributed by atoms with E-state index in [0.717, 1.165) is 37.6 Å². The molecule has 0 radical (unpaired) electrons. The highest BCUT2D eigenvalue weighted by Gasteiger charge is 2.25. The molecule has 0 amide bonds. The third-order valence-corrected chi connectivity index (χ3v) is 4.13. The molecule has 1 aliphatic heterocycles. The number of rotatable bonds is 7. The van der Waals surface area contributed by atoms with E-state index in [4.69, 9.17) is 9.47 Å². The predicted molar refractivity (Wildman–Crippen MR) is 93.2 cm³/mol. The fourth-order valence-corrected chi connectivity index (χ4v) is 2.88. The van der Waals surface area contributed by atoms with Gasteiger partial charge in [0, 0.05) is 39.1 Å². The SMILES string of the molecule is CNc1nccnc1[C@H]1CN(CCCOc2ccccc2F)CCO1. The first-order valence-corrected chi connectivity index (χ1v) is 8.48. The molecule has 6 nitrogen and oxygen atoms in total. The molecule has 134 valence electrons. The fraction of sp³-hybridized carbons (Fsp3) is 0.444. The number of morpholine rings is 1. The Hall–Kier alpha value is -2.25. The zero-order valence-electron chi connectivity index (χ0n) is 14.3. The van der Waals surface area contributed by atoms with Gasteiger partial charge in [-0.05, 0) is 18.6 Å². The molecule has 1 saturated heterocycles. The van der Waals surface area contributed by atoms with E-state index in [1.807, 2.05) is 7.05 Å². The molecule has 0 unspecified atom stereocenters. The molecule has 0 bridgehead atoms. The first kappa shape index (κ1) is 17.6. The van der Waals surface area contributed by atoms with Crippen LogP contribution in [0.4, 0.5) is 10.2 Å². The van der Waals surface area contributed by atoms with Gasteiger partial charge in [0.05, 0.1) is 13.2 Å². The topological polar surface area (TPSA) is 59.5 Å². The standard InChI is InChI=1S/C18H23FN4O2/c1-20-18-17(21-7-8-22-18)16-13-23(10-12-25-16)9-4-11-24-15-6-3-2-5-14(15)19/h2-3,5-8,16H,4,9-13H2,1H3,(H,20,22)/t16-/m1/s1. The van der Waals surface area contributed by atoms with Gasteiger partial charge >= 0.3 is 0 Å². The Kier molecular flexibility index (Phi) is 6.14. The van der Waals surface area contributed by atoms with Crippen molar-refractivity contribution in [3.05, 3.63) is 48.2 Å². The monoisotopic (exact) mass is 346 g/mol. The summed E-state index contributed by atoms with van der Waals surface area (Å²) in [6.45, 7) is 3.62. The second-order valence-electron chi connectivity index (χ2n) is 5.83. The summed E-state index contributed by atoms with van der Waals surface area (Å²) in [6, 6.07) is 6.47. The van der Waals surface area contributed by atoms with Crippen molar-refractivity contribution >= 4 is 5.82 Å². The van der Waals surface area contributed by atoms with E-state index in [1.54, 1.807) is 30.6 Å². The maximum Gasteiger partial charge on any atom is 0.165 e. The second kappa shape index (κ2) is 8.73. The van der Waals surface area contributed by atoms with Gasteiger partial charge in [-0.1, -0.05) is 12.1 Å². The lowest BCUT2D eigenvalue weighted by atomic mass is 10.2. The number of nitrogens with one attached hydrogen (secondary N) is 1. The molecule has 1 aromatic heterocycles. The molecule has 1 aliphatic rings. The van der Waals surface area contributed by atoms with Crippen molar-refractivity contribution in [1.82, 2.24) is 14.9 Å². The largest absolute Gasteiger partial charge is 0.490 e. The average molecular weight is 346 g/mol. The van der Waals surface area contributed by atoms with Crippen molar-refractivity contribution in [3.63, 3.8) is 0 Å². The summed E-state index contributed by atoms with van der Waals surface area (Å²) in [7, 11) is 1.83. The maximum atomic E-state index is 13.5. The summed E-state index contributed by atoms with van der Waals surface area (Å²) in [5, 5.41) is 3.06. The highest BCUT2D eigenvalue weighted by Crippen LogP contribution is 2.25. The van der Waals surface area contributed by atoms with Gasteiger partial charge in [0.2, 0.25) is 0 Å². The van der Waals surface area contributed by atoms with E-state index >= 15 is 0 Å². The number of hydrogen-bond donors (Lipinski definition) is 1. The molecule has 1 aromatic carbocycles. The third kappa shape index (κ3) is 4.64. The second-order valence-corrected chi connectivity index (χ2v) is 5.83. The van der Waals surface area contributed by atoms with Gasteiger partial charge in [-0.15, -0.1) is 0 Å². The van der Waals surface area contributed by atoms with Crippen molar-refractivity contribution in [2.24, 2.45) is 0 Å². The quantitative estimate of drug-likeness (QED) is 0.778. The molecule has 0 aliphatic carbocycles. The van der Waals surface area contributed by atoms with Gasteiger partial charge in [-0.2, -0.15) is 0 Å². The van der Waals surface area contributed by atoms with Gasteiger partial charge in [-0.3, -0.25) is 9.88 Å². The molecule has 25 heavy (non-hydrogen) atoms. The van der Waals surface area contributed by atoms with E-state index in [0.29, 0.717) is 19.0 Å². The van der Waals surface area contributed by atoms with Crippen molar-refractivity contribution in [3.8, 4) is 5.75 Å². The van der Waals surface area contributed by atoms with E-state index in [2.05, 4.69) is 20.2 Å². The Morgan fingerprint density at radius 3 is 3.00 bits per heavy atom. The van der Waals surface area contributed by atoms with Crippen LogP contribution in [-0.4, -0.2) is 54.8 Å². The summed E-state index contributed by atoms with van der Waals surface area (Å²) in [4.78, 5) is 11.0. The molecule has 1 N–H and O–H groups in total. The molecule has 1 atom stereocenters. The van der Waals surface area contributed by atoms with Crippen LogP contribution >= 0.6 is 0 Å². The summed E-state index contributed by atoms with van der Waals surface area (Å²) in [5.41, 5.74) is 0.831. The van der Waals surface area contributed by atoms with Crippen molar-refractivity contribution in [1.29, 1.82) is 0 Å². The molecule has 7 heteroatoms. The number of para-hydroxylation sites is 1. The van der Waals surface area contributed by atoms with Gasteiger partial charge in [0.25, 0.3) is 0 Å². The highest BCUT2D eigenvalue weighted by atomic mass is 19.1. The molecule has 0 spiro atoms. The zero-order valence-corrected chi connectivity index (χ0v) is 14.3. The molecule has 2 heterocycles. The first-order chi connectivity index (χ1) is 12.3. The fourth-order valence-electron chi connectivity index (χ4n) is 2.88. The van der Waals surface area contributed by atoms with Crippen LogP contribution in [0.2, 0.25) is 0 Å². The Morgan fingerprint density at radius 2 is 2.16 bits per heavy atom. The third-order valence-electron chi connectivity index (χ3n) is 4.13. The number of ether oxygens (including phenoxy) is 2. The molecule has 0 saturated carbocycles. The summed E-state index contributed by atoms with van der Waals surface area (Å²) < 4.78 is 24.9. The van der Waals surface area contributed by atoms with Crippen LogP contribution in [0.3, 0.4) is 0 Å². The Morgan fingerprint density at radius 1 is 1.32 bits per heavy atom. The smallest absolute Gasteiger partial charge is 0.165 e. The van der Waals surface area contributed by atoms with Crippen LogP contribution in [0.1, 0.15) is 18.2 Å². The van der Waals surface area contributed by atoms with E-state index in [-0.39, 0.29) is 11.9 Å². The van der Waals surface area contributed by atoms with Gasteiger partial charge in [0.15, 0.2) is 11.6 Å². The van der Waals surface area contributed by atoms with Crippen LogP contribution in [0.5, 0.6) is 5.75 Å². The van der Waals surface area contributed by atoms with Gasteiger partial charge in [-0.25, -0.2) is 9.37 Å². The molecular formula is C18H23FN4O2. The minimum absolute atomic E-state index is 0.0996. The number of benzene rings is 1. The zero-order chi connectivity index (χ0) is 17.5. The first-order valence-electron chi connectivity index (χ1n) is 8.48. The van der Waals surface area contributed by atoms with Crippen molar-refractivity contribution in [2.75, 3.05) is 45.2 Å². The van der Waals surface area contributed by atoms with E-state index in [1.165, 1.54) is 6.07 Å². The van der Waals surface area contributed by atoms with Crippen LogP contribution in [0.25, 0.3) is 0 Å². The summed E-state index contributed by atoms with van der Waals surface area (Å²) >= 11 is 0. The lowest BCUT2D eigenvalue weighted by Crippen LogP contribution is -2.39. The Bertz CT molecular complexity index is 686. The highest BCUT2D eigenvalue weighted by molar-refractivity contribution is 5.40. The minimum Gasteiger partial charge on any atom is -0.490 e. The lowest BCUT2D eigenvalue weighted by Gasteiger charge is -2.32. The van der Waals surface area contributed by atoms with Crippen molar-refractivity contribution < 1.29 is 13.9 Å². The van der Waals surface area contributed by atoms with Crippen LogP contribution in [0.15, 0.2) is 36.7 Å². The molecular weight excluding hydrogens is 323 g/mol. The van der Waals surface area contributed by atoms with Gasteiger partial charge in [0.1, 0.15) is 17.6 Å². The number of aromatic nitrogens is 2. The van der Waals surface area contributed by atoms with E-state index in [9.17, 15) is 4.39 Å². The average Bonchev–Trinajstić information content (AvgIpc) is 2.67. The van der Waals surface area contributed by atoms with E-state index < -0.39 is 0 Å². The minimum atomic E-state index is -0.323. The normalized spacial score (nSPS) is 18.1. The number of halogens is 1. The molecule has 1 fully saturated rings. The van der Waals surface area contributed by atoms with Gasteiger partial charge < -0.3 is 14.8 Å². The Labute approximate surface area is 147 Å².